The zero-order valence-electron chi connectivity index (χ0n) is 16.5. The van der Waals surface area contributed by atoms with Crippen molar-refractivity contribution in [2.24, 2.45) is 0 Å². The fourth-order valence-electron chi connectivity index (χ4n) is 2.66. The zero-order valence-corrected chi connectivity index (χ0v) is 18.7. The molecule has 0 aliphatic carbocycles. The molecule has 2 aromatic carbocycles. The molecule has 0 aliphatic rings. The molecule has 14 heteroatoms. The van der Waals surface area contributed by atoms with Gasteiger partial charge in [-0.3, -0.25) is 5.41 Å². The number of hydrogen-bond donors (Lipinski definition) is 2. The van der Waals surface area contributed by atoms with Crippen molar-refractivity contribution in [3.05, 3.63) is 80.3 Å². The fraction of sp³-hybridized carbons (Fsp3) is 0.150. The fourth-order valence-corrected chi connectivity index (χ4v) is 3.43. The molecule has 34 heavy (non-hydrogen) atoms. The van der Waals surface area contributed by atoms with E-state index in [1.54, 1.807) is 0 Å². The molecule has 0 saturated carbocycles. The molecule has 3 aromatic rings. The van der Waals surface area contributed by atoms with Crippen molar-refractivity contribution < 1.29 is 30.9 Å². The molecule has 0 atom stereocenters. The highest BCUT2D eigenvalue weighted by atomic mass is 35.5. The van der Waals surface area contributed by atoms with Crippen LogP contribution in [0.25, 0.3) is 11.4 Å². The number of rotatable bonds is 6. The average Bonchev–Trinajstić information content (AvgIpc) is 3.24. The molecule has 3 rings (SSSR count). The summed E-state index contributed by atoms with van der Waals surface area (Å²) in [6.07, 6.45) is -9.74. The van der Waals surface area contributed by atoms with Crippen LogP contribution in [0.1, 0.15) is 17.0 Å². The van der Waals surface area contributed by atoms with Crippen LogP contribution >= 0.6 is 34.8 Å². The SMILES string of the molecule is N=C(/C(Cl)=C(\NCc1ccc(-c2noc(C(F)(F)F)n2)cc1)C(F)(F)F)c1ccc(Cl)cc1Cl. The standard InChI is InChI=1S/C20H11Cl3F6N4O/c21-11-5-6-12(13(22)7-11)15(30)14(23)16(19(24,25)26)31-8-9-1-3-10(4-2-9)17-32-18(34-33-17)20(27,28)29/h1-7,30-31H,8H2/b16-14+,30-15?. The minimum atomic E-state index is -4.93. The summed E-state index contributed by atoms with van der Waals surface area (Å²) >= 11 is 17.6. The molecule has 2 N–H and O–H groups in total. The predicted octanol–water partition coefficient (Wildman–Crippen LogP) is 7.23. The van der Waals surface area contributed by atoms with Crippen LogP contribution in [-0.2, 0) is 12.7 Å². The van der Waals surface area contributed by atoms with E-state index in [-0.39, 0.29) is 33.5 Å². The lowest BCUT2D eigenvalue weighted by Crippen LogP contribution is -2.28. The Morgan fingerprint density at radius 3 is 2.18 bits per heavy atom. The van der Waals surface area contributed by atoms with Crippen molar-refractivity contribution in [3.8, 4) is 11.4 Å². The number of aromatic nitrogens is 2. The quantitative estimate of drug-likeness (QED) is 0.254. The molecule has 1 aromatic heterocycles. The van der Waals surface area contributed by atoms with Gasteiger partial charge in [0, 0.05) is 22.7 Å². The highest BCUT2D eigenvalue weighted by Crippen LogP contribution is 2.32. The molecule has 0 bridgehead atoms. The first kappa shape index (κ1) is 25.9. The molecule has 0 aliphatic heterocycles. The summed E-state index contributed by atoms with van der Waals surface area (Å²) in [5.41, 5.74) is -1.61. The Labute approximate surface area is 202 Å². The van der Waals surface area contributed by atoms with Gasteiger partial charge in [0.05, 0.1) is 15.8 Å². The van der Waals surface area contributed by atoms with Crippen LogP contribution in [0.2, 0.25) is 10.0 Å². The molecule has 0 unspecified atom stereocenters. The lowest BCUT2D eigenvalue weighted by Gasteiger charge is -2.17. The average molecular weight is 544 g/mol. The molecule has 5 nitrogen and oxygen atoms in total. The molecule has 0 amide bonds. The van der Waals surface area contributed by atoms with Crippen LogP contribution in [0, 0.1) is 5.41 Å². The third-order valence-corrected chi connectivity index (χ3v) is 5.20. The highest BCUT2D eigenvalue weighted by molar-refractivity contribution is 6.48. The summed E-state index contributed by atoms with van der Waals surface area (Å²) in [6, 6.07) is 9.23. The van der Waals surface area contributed by atoms with Gasteiger partial charge in [0.15, 0.2) is 0 Å². The van der Waals surface area contributed by atoms with Gasteiger partial charge in [0.25, 0.3) is 0 Å². The van der Waals surface area contributed by atoms with Crippen molar-refractivity contribution in [3.63, 3.8) is 0 Å². The minimum Gasteiger partial charge on any atom is -0.376 e. The van der Waals surface area contributed by atoms with E-state index >= 15 is 0 Å². The van der Waals surface area contributed by atoms with Gasteiger partial charge in [0.1, 0.15) is 5.70 Å². The largest absolute Gasteiger partial charge is 0.471 e. The number of nitrogens with zero attached hydrogens (tertiary/aromatic N) is 2. The van der Waals surface area contributed by atoms with Gasteiger partial charge in [-0.15, -0.1) is 0 Å². The molecule has 0 fully saturated rings. The van der Waals surface area contributed by atoms with Gasteiger partial charge in [-0.1, -0.05) is 64.2 Å². The predicted molar refractivity (Wildman–Crippen MR) is 114 cm³/mol. The van der Waals surface area contributed by atoms with E-state index in [1.165, 1.54) is 42.5 Å². The first-order chi connectivity index (χ1) is 15.8. The second-order valence-electron chi connectivity index (χ2n) is 6.66. The van der Waals surface area contributed by atoms with Crippen LogP contribution in [0.3, 0.4) is 0 Å². The number of allylic oxidation sites excluding steroid dienone is 2. The van der Waals surface area contributed by atoms with E-state index in [4.69, 9.17) is 40.2 Å². The van der Waals surface area contributed by atoms with Gasteiger partial charge in [0.2, 0.25) is 5.82 Å². The third kappa shape index (κ3) is 6.02. The first-order valence-corrected chi connectivity index (χ1v) is 10.2. The van der Waals surface area contributed by atoms with Gasteiger partial charge in [-0.25, -0.2) is 0 Å². The lowest BCUT2D eigenvalue weighted by molar-refractivity contribution is -0.159. The van der Waals surface area contributed by atoms with Crippen LogP contribution in [0.15, 0.2) is 57.7 Å². The highest BCUT2D eigenvalue weighted by Gasteiger charge is 2.39. The van der Waals surface area contributed by atoms with Crippen molar-refractivity contribution in [1.82, 2.24) is 15.5 Å². The Morgan fingerprint density at radius 2 is 1.65 bits per heavy atom. The smallest absolute Gasteiger partial charge is 0.376 e. The van der Waals surface area contributed by atoms with Crippen LogP contribution in [-0.4, -0.2) is 22.0 Å². The summed E-state index contributed by atoms with van der Waals surface area (Å²) in [5.74, 6) is -1.86. The topological polar surface area (TPSA) is 74.8 Å². The Morgan fingerprint density at radius 1 is 1.00 bits per heavy atom. The van der Waals surface area contributed by atoms with E-state index in [0.717, 1.165) is 0 Å². The Hall–Kier alpha value is -2.76. The van der Waals surface area contributed by atoms with Crippen LogP contribution in [0.5, 0.6) is 0 Å². The van der Waals surface area contributed by atoms with Crippen LogP contribution < -0.4 is 5.32 Å². The van der Waals surface area contributed by atoms with Crippen LogP contribution in [0.4, 0.5) is 26.3 Å². The Kier molecular flexibility index (Phi) is 7.49. The summed E-state index contributed by atoms with van der Waals surface area (Å²) in [4.78, 5) is 3.24. The molecular weight excluding hydrogens is 533 g/mol. The number of alkyl halides is 6. The first-order valence-electron chi connectivity index (χ1n) is 9.02. The maximum Gasteiger partial charge on any atom is 0.471 e. The summed E-state index contributed by atoms with van der Waals surface area (Å²) in [6.45, 7) is -0.368. The minimum absolute atomic E-state index is 0.0529. The van der Waals surface area contributed by atoms with Gasteiger partial charge in [-0.05, 0) is 23.8 Å². The maximum atomic E-state index is 13.6. The lowest BCUT2D eigenvalue weighted by atomic mass is 10.1. The number of nitrogens with one attached hydrogen (secondary N) is 2. The molecule has 0 spiro atoms. The van der Waals surface area contributed by atoms with E-state index < -0.39 is 34.7 Å². The second-order valence-corrected chi connectivity index (χ2v) is 7.88. The summed E-state index contributed by atoms with van der Waals surface area (Å²) in [7, 11) is 0. The summed E-state index contributed by atoms with van der Waals surface area (Å²) < 4.78 is 82.8. The molecule has 1 heterocycles. The van der Waals surface area contributed by atoms with Crippen molar-refractivity contribution in [1.29, 1.82) is 5.41 Å². The second kappa shape index (κ2) is 9.85. The van der Waals surface area contributed by atoms with E-state index in [1.807, 2.05) is 0 Å². The molecular formula is C20H11Cl3F6N4O. The maximum absolute atomic E-state index is 13.6. The van der Waals surface area contributed by atoms with Gasteiger partial charge in [-0.2, -0.15) is 31.3 Å². The number of benzene rings is 2. The zero-order chi connectivity index (χ0) is 25.3. The monoisotopic (exact) mass is 542 g/mol. The van der Waals surface area contributed by atoms with E-state index in [0.29, 0.717) is 5.56 Å². The normalized spacial score (nSPS) is 13.0. The van der Waals surface area contributed by atoms with Crippen molar-refractivity contribution in [2.75, 3.05) is 0 Å². The summed E-state index contributed by atoms with van der Waals surface area (Å²) in [5, 5.41) is 12.7. The molecule has 0 saturated heterocycles. The third-order valence-electron chi connectivity index (χ3n) is 4.27. The molecule has 0 radical (unpaired) electrons. The van der Waals surface area contributed by atoms with Crippen molar-refractivity contribution in [2.45, 2.75) is 18.9 Å². The molecule has 180 valence electrons. The number of halogens is 9. The van der Waals surface area contributed by atoms with E-state index in [9.17, 15) is 26.3 Å². The number of hydrogen-bond acceptors (Lipinski definition) is 5. The van der Waals surface area contributed by atoms with Gasteiger partial charge < -0.3 is 9.84 Å². The van der Waals surface area contributed by atoms with Gasteiger partial charge >= 0.3 is 18.2 Å². The van der Waals surface area contributed by atoms with Crippen molar-refractivity contribution >= 4 is 40.5 Å². The Bertz CT molecular complexity index is 1240. The van der Waals surface area contributed by atoms with E-state index in [2.05, 4.69) is 20.0 Å². The Balaban J connectivity index is 1.80.